The molecule has 0 aliphatic rings. The topological polar surface area (TPSA) is 75.9 Å². The predicted octanol–water partition coefficient (Wildman–Crippen LogP) is 5.95. The first-order valence-corrected chi connectivity index (χ1v) is 11.8. The Labute approximate surface area is 220 Å². The van der Waals surface area contributed by atoms with Gasteiger partial charge in [0, 0.05) is 29.9 Å². The zero-order valence-electron chi connectivity index (χ0n) is 20.9. The van der Waals surface area contributed by atoms with Crippen LogP contribution in [0.15, 0.2) is 79.1 Å². The molecule has 0 saturated carbocycles. The molecule has 1 amide bonds. The summed E-state index contributed by atoms with van der Waals surface area (Å²) in [4.78, 5) is 23.1. The lowest BCUT2D eigenvalue weighted by Gasteiger charge is -2.15. The van der Waals surface area contributed by atoms with Crippen molar-refractivity contribution < 1.29 is 22.4 Å². The minimum Gasteiger partial charge on any atom is -0.306 e. The average molecular weight is 535 g/mol. The van der Waals surface area contributed by atoms with Gasteiger partial charge in [0.15, 0.2) is 5.82 Å². The van der Waals surface area contributed by atoms with Crippen LogP contribution in [0.5, 0.6) is 0 Å². The van der Waals surface area contributed by atoms with E-state index in [0.29, 0.717) is 29.2 Å². The molecule has 0 aliphatic heterocycles. The second kappa shape index (κ2) is 10.3. The molecule has 0 fully saturated rings. The number of carbonyl (C=O) groups is 1. The monoisotopic (exact) mass is 534 g/mol. The lowest BCUT2D eigenvalue weighted by molar-refractivity contribution is -0.137. The fourth-order valence-electron chi connectivity index (χ4n) is 4.25. The van der Waals surface area contributed by atoms with Crippen molar-refractivity contribution in [1.82, 2.24) is 24.6 Å². The second-order valence-electron chi connectivity index (χ2n) is 9.09. The van der Waals surface area contributed by atoms with Crippen molar-refractivity contribution in [1.29, 1.82) is 0 Å². The van der Waals surface area contributed by atoms with Crippen molar-refractivity contribution >= 4 is 22.6 Å². The molecule has 0 radical (unpaired) electrons. The summed E-state index contributed by atoms with van der Waals surface area (Å²) in [6, 6.07) is 17.1. The molecule has 0 spiro atoms. The first kappa shape index (κ1) is 26.0. The van der Waals surface area contributed by atoms with Crippen LogP contribution in [-0.2, 0) is 12.7 Å². The molecule has 198 valence electrons. The molecule has 2 heterocycles. The van der Waals surface area contributed by atoms with Crippen LogP contribution in [0.4, 0.5) is 23.4 Å². The first-order valence-electron chi connectivity index (χ1n) is 11.8. The number of fused-ring (bicyclic) bond motifs is 1. The molecule has 2 aromatic heterocycles. The number of amides is 1. The maximum atomic E-state index is 15.0. The van der Waals surface area contributed by atoms with Gasteiger partial charge in [0.25, 0.3) is 5.91 Å². The largest absolute Gasteiger partial charge is 0.417 e. The van der Waals surface area contributed by atoms with Gasteiger partial charge in [-0.25, -0.2) is 19.0 Å². The van der Waals surface area contributed by atoms with Crippen molar-refractivity contribution in [3.05, 3.63) is 102 Å². The van der Waals surface area contributed by atoms with Crippen LogP contribution in [0, 0.1) is 5.82 Å². The fraction of sp³-hybridized carbons (Fsp3) is 0.143. The minimum absolute atomic E-state index is 0.245. The van der Waals surface area contributed by atoms with Crippen LogP contribution in [0.25, 0.3) is 28.0 Å². The van der Waals surface area contributed by atoms with E-state index in [4.69, 9.17) is 0 Å². The molecule has 5 aromatic rings. The highest BCUT2D eigenvalue weighted by Crippen LogP contribution is 2.38. The number of alkyl halides is 3. The first-order chi connectivity index (χ1) is 18.6. The number of rotatable bonds is 6. The van der Waals surface area contributed by atoms with Crippen molar-refractivity contribution in [2.45, 2.75) is 12.7 Å². The van der Waals surface area contributed by atoms with Crippen molar-refractivity contribution in [2.75, 3.05) is 19.4 Å². The third-order valence-electron chi connectivity index (χ3n) is 5.93. The van der Waals surface area contributed by atoms with Crippen LogP contribution in [0.1, 0.15) is 21.5 Å². The predicted molar refractivity (Wildman–Crippen MR) is 139 cm³/mol. The summed E-state index contributed by atoms with van der Waals surface area (Å²) < 4.78 is 57.8. The van der Waals surface area contributed by atoms with Crippen LogP contribution in [0.2, 0.25) is 0 Å². The Hall–Kier alpha value is -4.64. The molecule has 0 bridgehead atoms. The lowest BCUT2D eigenvalue weighted by atomic mass is 10.0. The fourth-order valence-corrected chi connectivity index (χ4v) is 4.25. The number of nitrogens with zero attached hydrogens (tertiary/aromatic N) is 5. The Balaban J connectivity index is 1.62. The molecule has 0 saturated heterocycles. The summed E-state index contributed by atoms with van der Waals surface area (Å²) in [5, 5.41) is 7.91. The van der Waals surface area contributed by atoms with Gasteiger partial charge in [-0.15, -0.1) is 0 Å². The summed E-state index contributed by atoms with van der Waals surface area (Å²) in [5.41, 5.74) is -0.183. The SMILES string of the molecule is CN(C)Cc1ccc2c(NC(=O)c3cc(-c4ncccn4)c(C(F)(F)F)cc3F)n(-c3ccccc3)nc2c1. The number of hydrogen-bond donors (Lipinski definition) is 1. The standard InChI is InChI=1S/C28H22F4N6O/c1-37(2)16-17-9-10-19-24(13-17)36-38(18-7-4-3-5-8-18)26(19)35-27(39)21-14-20(25-33-11-6-12-34-25)22(15-23(21)29)28(30,31)32/h3-15H,16H2,1-2H3,(H,35,39). The molecule has 3 aromatic carbocycles. The summed E-state index contributed by atoms with van der Waals surface area (Å²) in [6.45, 7) is 0.664. The van der Waals surface area contributed by atoms with E-state index in [1.165, 1.54) is 23.1 Å². The van der Waals surface area contributed by atoms with Crippen LogP contribution >= 0.6 is 0 Å². The van der Waals surface area contributed by atoms with Gasteiger partial charge in [-0.2, -0.15) is 18.3 Å². The summed E-state index contributed by atoms with van der Waals surface area (Å²) >= 11 is 0. The highest BCUT2D eigenvalue weighted by atomic mass is 19.4. The van der Waals surface area contributed by atoms with Gasteiger partial charge in [0.2, 0.25) is 0 Å². The van der Waals surface area contributed by atoms with Gasteiger partial charge < -0.3 is 10.2 Å². The van der Waals surface area contributed by atoms with E-state index in [1.54, 1.807) is 30.3 Å². The van der Waals surface area contributed by atoms with E-state index >= 15 is 4.39 Å². The number of halogens is 4. The molecular formula is C28H22F4N6O. The zero-order valence-corrected chi connectivity index (χ0v) is 20.9. The van der Waals surface area contributed by atoms with E-state index in [-0.39, 0.29) is 11.6 Å². The van der Waals surface area contributed by atoms with E-state index in [0.717, 1.165) is 11.6 Å². The highest BCUT2D eigenvalue weighted by Gasteiger charge is 2.36. The van der Waals surface area contributed by atoms with Gasteiger partial charge in [0.05, 0.1) is 22.3 Å². The van der Waals surface area contributed by atoms with Crippen LogP contribution in [-0.4, -0.2) is 44.7 Å². The van der Waals surface area contributed by atoms with E-state index in [2.05, 4.69) is 20.4 Å². The normalized spacial score (nSPS) is 11.8. The molecule has 1 N–H and O–H groups in total. The summed E-state index contributed by atoms with van der Waals surface area (Å²) in [5.74, 6) is -2.32. The van der Waals surface area contributed by atoms with Crippen molar-refractivity contribution in [3.8, 4) is 17.1 Å². The van der Waals surface area contributed by atoms with Crippen molar-refractivity contribution in [3.63, 3.8) is 0 Å². The molecule has 11 heteroatoms. The van der Waals surface area contributed by atoms with Crippen LogP contribution in [0.3, 0.4) is 0 Å². The molecular weight excluding hydrogens is 512 g/mol. The van der Waals surface area contributed by atoms with Gasteiger partial charge in [-0.1, -0.05) is 24.3 Å². The quantitative estimate of drug-likeness (QED) is 0.272. The Morgan fingerprint density at radius 3 is 2.36 bits per heavy atom. The maximum absolute atomic E-state index is 15.0. The van der Waals surface area contributed by atoms with E-state index in [1.807, 2.05) is 37.2 Å². The minimum atomic E-state index is -4.89. The number of anilines is 1. The molecule has 39 heavy (non-hydrogen) atoms. The Morgan fingerprint density at radius 2 is 1.69 bits per heavy atom. The molecule has 0 unspecified atom stereocenters. The van der Waals surface area contributed by atoms with Gasteiger partial charge in [0.1, 0.15) is 11.6 Å². The van der Waals surface area contributed by atoms with Crippen LogP contribution < -0.4 is 5.32 Å². The molecule has 5 rings (SSSR count). The van der Waals surface area contributed by atoms with E-state index < -0.39 is 34.6 Å². The third kappa shape index (κ3) is 5.34. The molecule has 0 aliphatic carbocycles. The van der Waals surface area contributed by atoms with Gasteiger partial charge in [-0.3, -0.25) is 4.79 Å². The smallest absolute Gasteiger partial charge is 0.306 e. The van der Waals surface area contributed by atoms with Gasteiger partial charge >= 0.3 is 6.18 Å². The number of hydrogen-bond acceptors (Lipinski definition) is 5. The van der Waals surface area contributed by atoms with E-state index in [9.17, 15) is 18.0 Å². The van der Waals surface area contributed by atoms with Gasteiger partial charge in [-0.05, 0) is 62.1 Å². The Bertz CT molecular complexity index is 1650. The Morgan fingerprint density at radius 1 is 0.974 bits per heavy atom. The molecule has 7 nitrogen and oxygen atoms in total. The summed E-state index contributed by atoms with van der Waals surface area (Å²) in [6.07, 6.45) is -2.36. The lowest BCUT2D eigenvalue weighted by Crippen LogP contribution is -2.18. The number of para-hydroxylation sites is 1. The van der Waals surface area contributed by atoms with Crippen molar-refractivity contribution in [2.24, 2.45) is 0 Å². The Kier molecular flexibility index (Phi) is 6.83. The second-order valence-corrected chi connectivity index (χ2v) is 9.09. The zero-order chi connectivity index (χ0) is 27.7. The number of aromatic nitrogens is 4. The average Bonchev–Trinajstić information content (AvgIpc) is 3.26. The third-order valence-corrected chi connectivity index (χ3v) is 5.93. The highest BCUT2D eigenvalue weighted by molar-refractivity contribution is 6.09. The summed E-state index contributed by atoms with van der Waals surface area (Å²) in [7, 11) is 3.87. The number of carbonyl (C=O) groups excluding carboxylic acids is 1. The maximum Gasteiger partial charge on any atom is 0.417 e. The molecule has 0 atom stereocenters. The number of benzene rings is 3. The number of nitrogens with one attached hydrogen (secondary N) is 1.